The molecule has 0 saturated heterocycles. The molecule has 1 amide bonds. The van der Waals surface area contributed by atoms with Crippen LogP contribution >= 0.6 is 0 Å². The van der Waals surface area contributed by atoms with Crippen LogP contribution in [0.2, 0.25) is 0 Å². The van der Waals surface area contributed by atoms with Crippen LogP contribution in [0.25, 0.3) is 0 Å². The fraction of sp³-hybridized carbons (Fsp3) is 0.174. The zero-order valence-corrected chi connectivity index (χ0v) is 16.0. The van der Waals surface area contributed by atoms with E-state index < -0.39 is 11.6 Å². The molecule has 0 aliphatic rings. The van der Waals surface area contributed by atoms with E-state index in [-0.39, 0.29) is 18.5 Å². The molecule has 0 radical (unpaired) electrons. The molecule has 4 nitrogen and oxygen atoms in total. The number of hydrogen-bond acceptors (Lipinski definition) is 3. The van der Waals surface area contributed by atoms with Gasteiger partial charge in [-0.05, 0) is 54.4 Å². The molecular weight excluding hydrogens is 374 g/mol. The highest BCUT2D eigenvalue weighted by Gasteiger charge is 2.11. The number of carbonyl (C=O) groups is 1. The van der Waals surface area contributed by atoms with Gasteiger partial charge in [0.2, 0.25) is 5.91 Å². The van der Waals surface area contributed by atoms with Gasteiger partial charge in [-0.15, -0.1) is 0 Å². The zero-order chi connectivity index (χ0) is 20.6. The van der Waals surface area contributed by atoms with Crippen molar-refractivity contribution in [2.75, 3.05) is 11.9 Å². The number of amides is 1. The van der Waals surface area contributed by atoms with Crippen molar-refractivity contribution in [3.63, 3.8) is 0 Å². The first-order chi connectivity index (χ1) is 14.0. The van der Waals surface area contributed by atoms with Crippen LogP contribution in [-0.2, 0) is 11.4 Å². The van der Waals surface area contributed by atoms with E-state index in [9.17, 15) is 13.6 Å². The summed E-state index contributed by atoms with van der Waals surface area (Å²) in [4.78, 5) is 12.1. The SMILES string of the molecule is C[C@@H](NCC(=O)Nc1ccc(OCc2ccccc2)cc1)c1ccc(F)c(F)c1. The second-order valence-corrected chi connectivity index (χ2v) is 6.62. The number of anilines is 1. The van der Waals surface area contributed by atoms with Crippen LogP contribution in [0.4, 0.5) is 14.5 Å². The Morgan fingerprint density at radius 3 is 2.38 bits per heavy atom. The van der Waals surface area contributed by atoms with Gasteiger partial charge in [0, 0.05) is 11.7 Å². The number of nitrogens with one attached hydrogen (secondary N) is 2. The van der Waals surface area contributed by atoms with Gasteiger partial charge >= 0.3 is 0 Å². The Balaban J connectivity index is 1.45. The van der Waals surface area contributed by atoms with Crippen LogP contribution in [-0.4, -0.2) is 12.5 Å². The maximum Gasteiger partial charge on any atom is 0.238 e. The lowest BCUT2D eigenvalue weighted by Crippen LogP contribution is -2.30. The molecular formula is C23H22F2N2O2. The van der Waals surface area contributed by atoms with Crippen LogP contribution in [0.15, 0.2) is 72.8 Å². The molecule has 3 rings (SSSR count). The summed E-state index contributed by atoms with van der Waals surface area (Å²) in [5.74, 6) is -1.33. The number of halogens is 2. The molecule has 1 atom stereocenters. The molecule has 0 bridgehead atoms. The van der Waals surface area contributed by atoms with E-state index in [1.54, 1.807) is 31.2 Å². The minimum absolute atomic E-state index is 0.0341. The Morgan fingerprint density at radius 1 is 0.966 bits per heavy atom. The fourth-order valence-corrected chi connectivity index (χ4v) is 2.73. The Hall–Kier alpha value is -3.25. The van der Waals surface area contributed by atoms with Crippen LogP contribution in [0.3, 0.4) is 0 Å². The molecule has 0 aliphatic heterocycles. The quantitative estimate of drug-likeness (QED) is 0.573. The molecule has 6 heteroatoms. The van der Waals surface area contributed by atoms with Crippen molar-refractivity contribution in [2.45, 2.75) is 19.6 Å². The molecule has 0 spiro atoms. The largest absolute Gasteiger partial charge is 0.489 e. The molecule has 0 fully saturated rings. The van der Waals surface area contributed by atoms with Crippen molar-refractivity contribution in [3.05, 3.63) is 95.6 Å². The smallest absolute Gasteiger partial charge is 0.238 e. The van der Waals surface area contributed by atoms with Gasteiger partial charge in [-0.1, -0.05) is 36.4 Å². The van der Waals surface area contributed by atoms with Crippen molar-refractivity contribution >= 4 is 11.6 Å². The second kappa shape index (κ2) is 9.80. The van der Waals surface area contributed by atoms with E-state index in [4.69, 9.17) is 4.74 Å². The van der Waals surface area contributed by atoms with Gasteiger partial charge in [-0.3, -0.25) is 4.79 Å². The summed E-state index contributed by atoms with van der Waals surface area (Å²) >= 11 is 0. The van der Waals surface area contributed by atoms with Crippen molar-refractivity contribution in [1.82, 2.24) is 5.32 Å². The number of hydrogen-bond donors (Lipinski definition) is 2. The average Bonchev–Trinajstić information content (AvgIpc) is 2.74. The van der Waals surface area contributed by atoms with Gasteiger partial charge < -0.3 is 15.4 Å². The van der Waals surface area contributed by atoms with Crippen molar-refractivity contribution in [1.29, 1.82) is 0 Å². The summed E-state index contributed by atoms with van der Waals surface area (Å²) in [6.45, 7) is 2.28. The molecule has 3 aromatic rings. The predicted octanol–water partition coefficient (Wildman–Crippen LogP) is 4.83. The monoisotopic (exact) mass is 396 g/mol. The maximum atomic E-state index is 13.3. The third kappa shape index (κ3) is 6.12. The van der Waals surface area contributed by atoms with Gasteiger partial charge in [-0.2, -0.15) is 0 Å². The van der Waals surface area contributed by atoms with E-state index in [2.05, 4.69) is 10.6 Å². The highest BCUT2D eigenvalue weighted by molar-refractivity contribution is 5.92. The first-order valence-corrected chi connectivity index (χ1v) is 9.26. The summed E-state index contributed by atoms with van der Waals surface area (Å²) in [5, 5.41) is 5.77. The third-order valence-electron chi connectivity index (χ3n) is 4.40. The minimum atomic E-state index is -0.907. The molecule has 29 heavy (non-hydrogen) atoms. The zero-order valence-electron chi connectivity index (χ0n) is 16.0. The lowest BCUT2D eigenvalue weighted by molar-refractivity contribution is -0.115. The Morgan fingerprint density at radius 2 is 1.69 bits per heavy atom. The molecule has 0 heterocycles. The summed E-state index contributed by atoms with van der Waals surface area (Å²) in [6, 6.07) is 20.3. The van der Waals surface area contributed by atoms with E-state index in [1.165, 1.54) is 6.07 Å². The van der Waals surface area contributed by atoms with E-state index in [0.717, 1.165) is 17.7 Å². The van der Waals surface area contributed by atoms with Crippen LogP contribution < -0.4 is 15.4 Å². The van der Waals surface area contributed by atoms with E-state index >= 15 is 0 Å². The van der Waals surface area contributed by atoms with Gasteiger partial charge in [-0.25, -0.2) is 8.78 Å². The molecule has 0 aliphatic carbocycles. The van der Waals surface area contributed by atoms with E-state index in [1.807, 2.05) is 30.3 Å². The first kappa shape index (κ1) is 20.5. The summed E-state index contributed by atoms with van der Waals surface area (Å²) < 4.78 is 32.0. The van der Waals surface area contributed by atoms with Crippen molar-refractivity contribution < 1.29 is 18.3 Å². The summed E-state index contributed by atoms with van der Waals surface area (Å²) in [5.41, 5.74) is 2.28. The molecule has 0 unspecified atom stereocenters. The predicted molar refractivity (Wildman–Crippen MR) is 109 cm³/mol. The maximum absolute atomic E-state index is 13.3. The summed E-state index contributed by atoms with van der Waals surface area (Å²) in [7, 11) is 0. The van der Waals surface area contributed by atoms with Crippen LogP contribution in [0.1, 0.15) is 24.1 Å². The average molecular weight is 396 g/mol. The molecule has 150 valence electrons. The minimum Gasteiger partial charge on any atom is -0.489 e. The van der Waals surface area contributed by atoms with Crippen molar-refractivity contribution in [3.8, 4) is 5.75 Å². The number of ether oxygens (including phenoxy) is 1. The number of rotatable bonds is 8. The van der Waals surface area contributed by atoms with Crippen LogP contribution in [0.5, 0.6) is 5.75 Å². The molecule has 3 aromatic carbocycles. The van der Waals surface area contributed by atoms with Gasteiger partial charge in [0.25, 0.3) is 0 Å². The van der Waals surface area contributed by atoms with Crippen molar-refractivity contribution in [2.24, 2.45) is 0 Å². The van der Waals surface area contributed by atoms with Gasteiger partial charge in [0.05, 0.1) is 6.54 Å². The third-order valence-corrected chi connectivity index (χ3v) is 4.40. The van der Waals surface area contributed by atoms with Gasteiger partial charge in [0.1, 0.15) is 12.4 Å². The Kier molecular flexibility index (Phi) is 6.92. The topological polar surface area (TPSA) is 50.4 Å². The molecule has 2 N–H and O–H groups in total. The second-order valence-electron chi connectivity index (χ2n) is 6.62. The highest BCUT2D eigenvalue weighted by atomic mass is 19.2. The first-order valence-electron chi connectivity index (χ1n) is 9.26. The molecule has 0 aromatic heterocycles. The standard InChI is InChI=1S/C23H22F2N2O2/c1-16(18-7-12-21(24)22(25)13-18)26-14-23(28)27-19-8-10-20(11-9-19)29-15-17-5-3-2-4-6-17/h2-13,16,26H,14-15H2,1H3,(H,27,28)/t16-/m1/s1. The van der Waals surface area contributed by atoms with Crippen LogP contribution in [0, 0.1) is 11.6 Å². The Labute approximate surface area is 168 Å². The fourth-order valence-electron chi connectivity index (χ4n) is 2.73. The van der Waals surface area contributed by atoms with Gasteiger partial charge in [0.15, 0.2) is 11.6 Å². The number of carbonyl (C=O) groups excluding carboxylic acids is 1. The lowest BCUT2D eigenvalue weighted by atomic mass is 10.1. The molecule has 0 saturated carbocycles. The Bertz CT molecular complexity index is 947. The summed E-state index contributed by atoms with van der Waals surface area (Å²) in [6.07, 6.45) is 0. The van der Waals surface area contributed by atoms with E-state index in [0.29, 0.717) is 23.6 Å². The lowest BCUT2D eigenvalue weighted by Gasteiger charge is -2.14. The number of benzene rings is 3. The normalized spacial score (nSPS) is 11.7. The highest BCUT2D eigenvalue weighted by Crippen LogP contribution is 2.18.